The van der Waals surface area contributed by atoms with Gasteiger partial charge < -0.3 is 29.9 Å². The number of aliphatic hydroxyl groups excluding tert-OH is 4. The maximum atomic E-state index is 10.0. The summed E-state index contributed by atoms with van der Waals surface area (Å²) < 4.78 is 12.4. The molecule has 10 heteroatoms. The zero-order valence-corrected chi connectivity index (χ0v) is 12.8. The van der Waals surface area contributed by atoms with Crippen LogP contribution in [0.3, 0.4) is 0 Å². The molecule has 2 aromatic rings. The van der Waals surface area contributed by atoms with Gasteiger partial charge in [-0.25, -0.2) is 4.68 Å². The molecule has 0 saturated carbocycles. The number of hydrogen-bond donors (Lipinski definition) is 4. The third-order valence-corrected chi connectivity index (χ3v) is 3.81. The van der Waals surface area contributed by atoms with Gasteiger partial charge in [-0.05, 0) is 22.6 Å². The summed E-state index contributed by atoms with van der Waals surface area (Å²) in [4.78, 5) is 0. The van der Waals surface area contributed by atoms with Crippen LogP contribution in [0.5, 0.6) is 5.75 Å². The van der Waals surface area contributed by atoms with Crippen LogP contribution in [0.1, 0.15) is 0 Å². The topological polar surface area (TPSA) is 143 Å². The van der Waals surface area contributed by atoms with E-state index in [0.717, 1.165) is 0 Å². The Kier molecular flexibility index (Phi) is 4.73. The minimum Gasteiger partial charge on any atom is -0.462 e. The third kappa shape index (κ3) is 3.09. The van der Waals surface area contributed by atoms with Crippen molar-refractivity contribution in [1.82, 2.24) is 20.2 Å². The summed E-state index contributed by atoms with van der Waals surface area (Å²) in [6.45, 7) is -0.518. The van der Waals surface area contributed by atoms with Crippen LogP contribution >= 0.6 is 0 Å². The Labute approximate surface area is 136 Å². The number of aromatic nitrogens is 4. The van der Waals surface area contributed by atoms with Crippen molar-refractivity contribution >= 4 is 0 Å². The van der Waals surface area contributed by atoms with Crippen LogP contribution in [0, 0.1) is 0 Å². The van der Waals surface area contributed by atoms with Gasteiger partial charge in [0, 0.05) is 12.6 Å². The molecule has 5 atom stereocenters. The number of ether oxygens (including phenoxy) is 2. The quantitative estimate of drug-likeness (QED) is 0.500. The molecule has 0 unspecified atom stereocenters. The van der Waals surface area contributed by atoms with Crippen LogP contribution in [-0.2, 0) is 11.8 Å². The molecule has 2 heterocycles. The first-order valence-electron chi connectivity index (χ1n) is 7.31. The second-order valence-electron chi connectivity index (χ2n) is 5.47. The average molecular weight is 338 g/mol. The minimum atomic E-state index is -1.49. The van der Waals surface area contributed by atoms with Crippen LogP contribution in [0.25, 0.3) is 11.4 Å². The second-order valence-corrected chi connectivity index (χ2v) is 5.47. The van der Waals surface area contributed by atoms with Gasteiger partial charge in [-0.2, -0.15) is 0 Å². The lowest BCUT2D eigenvalue weighted by molar-refractivity contribution is -0.277. The average Bonchev–Trinajstić information content (AvgIpc) is 3.02. The summed E-state index contributed by atoms with van der Waals surface area (Å²) in [5.74, 6) is 0.870. The Morgan fingerprint density at radius 1 is 1.21 bits per heavy atom. The second kappa shape index (κ2) is 6.79. The number of rotatable bonds is 4. The number of aryl methyl sites for hydroxylation is 1. The Morgan fingerprint density at radius 2 is 2.00 bits per heavy atom. The first kappa shape index (κ1) is 16.7. The van der Waals surface area contributed by atoms with Gasteiger partial charge in [-0.1, -0.05) is 12.1 Å². The molecule has 1 aromatic heterocycles. The van der Waals surface area contributed by atoms with Gasteiger partial charge in [0.1, 0.15) is 30.2 Å². The lowest BCUT2D eigenvalue weighted by Crippen LogP contribution is -2.60. The highest BCUT2D eigenvalue weighted by atomic mass is 16.7. The molecule has 0 bridgehead atoms. The van der Waals surface area contributed by atoms with Gasteiger partial charge in [0.15, 0.2) is 5.82 Å². The van der Waals surface area contributed by atoms with Gasteiger partial charge in [-0.3, -0.25) is 0 Å². The normalized spacial score (nSPS) is 30.3. The zero-order valence-electron chi connectivity index (χ0n) is 12.8. The van der Waals surface area contributed by atoms with Crippen LogP contribution in [-0.4, -0.2) is 77.9 Å². The van der Waals surface area contributed by atoms with Crippen molar-refractivity contribution in [3.63, 3.8) is 0 Å². The highest BCUT2D eigenvalue weighted by molar-refractivity contribution is 5.57. The van der Waals surface area contributed by atoms with Crippen LogP contribution in [0.4, 0.5) is 0 Å². The van der Waals surface area contributed by atoms with E-state index in [2.05, 4.69) is 15.5 Å². The van der Waals surface area contributed by atoms with Crippen molar-refractivity contribution in [3.05, 3.63) is 24.3 Å². The maximum Gasteiger partial charge on any atom is 0.229 e. The Balaban J connectivity index is 1.79. The van der Waals surface area contributed by atoms with E-state index in [0.29, 0.717) is 17.1 Å². The monoisotopic (exact) mass is 338 g/mol. The first-order chi connectivity index (χ1) is 11.5. The van der Waals surface area contributed by atoms with Crippen LogP contribution < -0.4 is 4.74 Å². The third-order valence-electron chi connectivity index (χ3n) is 3.81. The smallest absolute Gasteiger partial charge is 0.229 e. The van der Waals surface area contributed by atoms with Crippen molar-refractivity contribution in [2.24, 2.45) is 7.05 Å². The van der Waals surface area contributed by atoms with Crippen LogP contribution in [0.2, 0.25) is 0 Å². The molecule has 1 fully saturated rings. The van der Waals surface area contributed by atoms with Crippen molar-refractivity contribution < 1.29 is 29.9 Å². The summed E-state index contributed by atoms with van der Waals surface area (Å²) in [6, 6.07) is 6.77. The van der Waals surface area contributed by atoms with E-state index < -0.39 is 37.3 Å². The lowest BCUT2D eigenvalue weighted by Gasteiger charge is -2.39. The standard InChI is InChI=1S/C14H18N4O6/c1-18-13(15-16-17-18)7-3-2-4-8(5-7)23-14-12(22)11(21)10(20)9(6-19)24-14/h2-5,9-12,14,19-22H,6H2,1H3/t9-,10-,11+,12-,14-/m1/s1. The predicted molar refractivity (Wildman–Crippen MR) is 78.6 cm³/mol. The van der Waals surface area contributed by atoms with E-state index in [1.807, 2.05) is 0 Å². The molecular formula is C14H18N4O6. The van der Waals surface area contributed by atoms with Gasteiger partial charge in [0.2, 0.25) is 6.29 Å². The summed E-state index contributed by atoms with van der Waals surface area (Å²) in [5, 5.41) is 50.0. The zero-order chi connectivity index (χ0) is 17.3. The molecule has 1 aromatic carbocycles. The van der Waals surface area contributed by atoms with E-state index in [1.165, 1.54) is 4.68 Å². The van der Waals surface area contributed by atoms with Gasteiger partial charge >= 0.3 is 0 Å². The summed E-state index contributed by atoms with van der Waals surface area (Å²) in [6.07, 6.45) is -6.66. The molecule has 4 N–H and O–H groups in total. The maximum absolute atomic E-state index is 10.0. The predicted octanol–water partition coefficient (Wildman–Crippen LogP) is -1.94. The van der Waals surface area contributed by atoms with E-state index >= 15 is 0 Å². The van der Waals surface area contributed by atoms with E-state index in [9.17, 15) is 20.4 Å². The van der Waals surface area contributed by atoms with E-state index in [4.69, 9.17) is 9.47 Å². The number of aliphatic hydroxyl groups is 4. The SMILES string of the molecule is Cn1nnnc1-c1cccc(O[C@@H]2O[C@H](CO)[C@@H](O)[C@H](O)[C@H]2O)c1. The fraction of sp³-hybridized carbons (Fsp3) is 0.500. The molecule has 24 heavy (non-hydrogen) atoms. The highest BCUT2D eigenvalue weighted by Crippen LogP contribution is 2.26. The van der Waals surface area contributed by atoms with Crippen LogP contribution in [0.15, 0.2) is 24.3 Å². The number of nitrogens with zero attached hydrogens (tertiary/aromatic N) is 4. The molecule has 1 aliphatic rings. The van der Waals surface area contributed by atoms with Crippen molar-refractivity contribution in [2.45, 2.75) is 30.7 Å². The Hall–Kier alpha value is -2.11. The molecule has 0 spiro atoms. The number of tetrazole rings is 1. The lowest BCUT2D eigenvalue weighted by atomic mass is 9.99. The van der Waals surface area contributed by atoms with Crippen molar-refractivity contribution in [1.29, 1.82) is 0 Å². The number of benzene rings is 1. The molecule has 1 saturated heterocycles. The van der Waals surface area contributed by atoms with Gasteiger partial charge in [-0.15, -0.1) is 5.10 Å². The molecule has 0 aliphatic carbocycles. The molecule has 1 aliphatic heterocycles. The first-order valence-corrected chi connectivity index (χ1v) is 7.31. The molecule has 0 radical (unpaired) electrons. The Bertz CT molecular complexity index is 693. The molecule has 130 valence electrons. The van der Waals surface area contributed by atoms with Crippen molar-refractivity contribution in [3.8, 4) is 17.1 Å². The molecule has 10 nitrogen and oxygen atoms in total. The fourth-order valence-corrected chi connectivity index (χ4v) is 2.48. The van der Waals surface area contributed by atoms with Gasteiger partial charge in [0.25, 0.3) is 0 Å². The minimum absolute atomic E-state index is 0.347. The summed E-state index contributed by atoms with van der Waals surface area (Å²) in [5.41, 5.74) is 0.685. The molecule has 0 amide bonds. The van der Waals surface area contributed by atoms with Crippen molar-refractivity contribution in [2.75, 3.05) is 6.61 Å². The summed E-state index contributed by atoms with van der Waals surface area (Å²) in [7, 11) is 1.69. The summed E-state index contributed by atoms with van der Waals surface area (Å²) >= 11 is 0. The fourth-order valence-electron chi connectivity index (χ4n) is 2.48. The van der Waals surface area contributed by atoms with E-state index in [1.54, 1.807) is 31.3 Å². The highest BCUT2D eigenvalue weighted by Gasteiger charge is 2.44. The Morgan fingerprint density at radius 3 is 2.67 bits per heavy atom. The largest absolute Gasteiger partial charge is 0.462 e. The molecule has 3 rings (SSSR count). The van der Waals surface area contributed by atoms with E-state index in [-0.39, 0.29) is 0 Å². The number of hydrogen-bond acceptors (Lipinski definition) is 9. The van der Waals surface area contributed by atoms with Gasteiger partial charge in [0.05, 0.1) is 6.61 Å². The molecular weight excluding hydrogens is 320 g/mol.